The number of aryl methyl sites for hydroxylation is 1. The van der Waals surface area contributed by atoms with Crippen LogP contribution in [0.1, 0.15) is 34.1 Å². The van der Waals surface area contributed by atoms with Crippen LogP contribution in [0.4, 0.5) is 0 Å². The minimum atomic E-state index is -0.101. The molecule has 5 nitrogen and oxygen atoms in total. The van der Waals surface area contributed by atoms with Crippen molar-refractivity contribution in [2.45, 2.75) is 26.8 Å². The zero-order valence-corrected chi connectivity index (χ0v) is 16.1. The highest BCUT2D eigenvalue weighted by atomic mass is 16.5. The third kappa shape index (κ3) is 3.72. The summed E-state index contributed by atoms with van der Waals surface area (Å²) >= 11 is 0. The molecule has 0 bridgehead atoms. The standard InChI is InChI=1S/C22H24N2O3/c1-5-17-14(2)21(16-8-6-7-9-18(16)24-17)22(25)23-13-15-10-11-19(26-3)20(12-15)27-4/h6-12H,5,13H2,1-4H3,(H,23,25). The van der Waals surface area contributed by atoms with E-state index in [2.05, 4.69) is 17.2 Å². The number of methoxy groups -OCH3 is 2. The van der Waals surface area contributed by atoms with Crippen molar-refractivity contribution in [3.05, 3.63) is 64.8 Å². The third-order valence-electron chi connectivity index (χ3n) is 4.70. The number of nitrogens with one attached hydrogen (secondary N) is 1. The first-order valence-corrected chi connectivity index (χ1v) is 8.96. The zero-order chi connectivity index (χ0) is 19.4. The maximum absolute atomic E-state index is 13.0. The molecule has 140 valence electrons. The van der Waals surface area contributed by atoms with E-state index in [-0.39, 0.29) is 5.91 Å². The zero-order valence-electron chi connectivity index (χ0n) is 16.1. The van der Waals surface area contributed by atoms with Crippen molar-refractivity contribution >= 4 is 16.8 Å². The molecule has 1 aromatic heterocycles. The molecule has 3 aromatic rings. The van der Waals surface area contributed by atoms with Crippen molar-refractivity contribution in [2.24, 2.45) is 0 Å². The number of carbonyl (C=O) groups excluding carboxylic acids is 1. The predicted molar refractivity (Wildman–Crippen MR) is 107 cm³/mol. The van der Waals surface area contributed by atoms with Crippen LogP contribution < -0.4 is 14.8 Å². The van der Waals surface area contributed by atoms with Crippen molar-refractivity contribution in [1.29, 1.82) is 0 Å². The van der Waals surface area contributed by atoms with E-state index < -0.39 is 0 Å². The van der Waals surface area contributed by atoms with Gasteiger partial charge in [-0.1, -0.05) is 31.2 Å². The van der Waals surface area contributed by atoms with Crippen LogP contribution >= 0.6 is 0 Å². The lowest BCUT2D eigenvalue weighted by atomic mass is 9.99. The van der Waals surface area contributed by atoms with Gasteiger partial charge in [0.25, 0.3) is 5.91 Å². The number of para-hydroxylation sites is 1. The fourth-order valence-corrected chi connectivity index (χ4v) is 3.26. The lowest BCUT2D eigenvalue weighted by Gasteiger charge is -2.14. The molecule has 0 spiro atoms. The number of hydrogen-bond acceptors (Lipinski definition) is 4. The molecular weight excluding hydrogens is 340 g/mol. The summed E-state index contributed by atoms with van der Waals surface area (Å²) < 4.78 is 10.6. The van der Waals surface area contributed by atoms with Gasteiger partial charge in [0.2, 0.25) is 0 Å². The molecule has 0 unspecified atom stereocenters. The van der Waals surface area contributed by atoms with Gasteiger partial charge in [-0.05, 0) is 42.7 Å². The fraction of sp³-hybridized carbons (Fsp3) is 0.273. The van der Waals surface area contributed by atoms with Crippen molar-refractivity contribution < 1.29 is 14.3 Å². The van der Waals surface area contributed by atoms with Gasteiger partial charge >= 0.3 is 0 Å². The molecule has 0 saturated heterocycles. The topological polar surface area (TPSA) is 60.5 Å². The first-order chi connectivity index (χ1) is 13.1. The van der Waals surface area contributed by atoms with E-state index in [1.54, 1.807) is 14.2 Å². The van der Waals surface area contributed by atoms with Crippen LogP contribution in [0.2, 0.25) is 0 Å². The minimum Gasteiger partial charge on any atom is -0.493 e. The van der Waals surface area contributed by atoms with Crippen molar-refractivity contribution in [3.8, 4) is 11.5 Å². The molecule has 0 aliphatic carbocycles. The minimum absolute atomic E-state index is 0.101. The van der Waals surface area contributed by atoms with Crippen LogP contribution in [-0.4, -0.2) is 25.1 Å². The van der Waals surface area contributed by atoms with Crippen LogP contribution in [-0.2, 0) is 13.0 Å². The lowest BCUT2D eigenvalue weighted by Crippen LogP contribution is -2.24. The number of pyridine rings is 1. The molecule has 0 saturated carbocycles. The molecule has 3 rings (SSSR count). The largest absolute Gasteiger partial charge is 0.493 e. The van der Waals surface area contributed by atoms with E-state index in [4.69, 9.17) is 9.47 Å². The number of fused-ring (bicyclic) bond motifs is 1. The van der Waals surface area contributed by atoms with Gasteiger partial charge in [0, 0.05) is 17.6 Å². The Labute approximate surface area is 159 Å². The summed E-state index contributed by atoms with van der Waals surface area (Å²) in [6.07, 6.45) is 0.784. The summed E-state index contributed by atoms with van der Waals surface area (Å²) in [5.74, 6) is 1.20. The van der Waals surface area contributed by atoms with Gasteiger partial charge in [-0.3, -0.25) is 9.78 Å². The summed E-state index contributed by atoms with van der Waals surface area (Å²) in [6.45, 7) is 4.41. The summed E-state index contributed by atoms with van der Waals surface area (Å²) in [7, 11) is 3.20. The molecule has 0 fully saturated rings. The van der Waals surface area contributed by atoms with Crippen LogP contribution in [0.25, 0.3) is 10.9 Å². The van der Waals surface area contributed by atoms with Gasteiger partial charge in [-0.25, -0.2) is 0 Å². The third-order valence-corrected chi connectivity index (χ3v) is 4.70. The molecular formula is C22H24N2O3. The van der Waals surface area contributed by atoms with Crippen molar-refractivity contribution in [2.75, 3.05) is 14.2 Å². The quantitative estimate of drug-likeness (QED) is 0.717. The van der Waals surface area contributed by atoms with Gasteiger partial charge in [0.1, 0.15) is 0 Å². The SMILES string of the molecule is CCc1nc2ccccc2c(C(=O)NCc2ccc(OC)c(OC)c2)c1C. The van der Waals surface area contributed by atoms with Crippen LogP contribution in [0.15, 0.2) is 42.5 Å². The smallest absolute Gasteiger partial charge is 0.252 e. The Morgan fingerprint density at radius 3 is 2.52 bits per heavy atom. The van der Waals surface area contributed by atoms with Gasteiger partial charge < -0.3 is 14.8 Å². The van der Waals surface area contributed by atoms with Gasteiger partial charge in [0.15, 0.2) is 11.5 Å². The first kappa shape index (κ1) is 18.7. The maximum atomic E-state index is 13.0. The van der Waals surface area contributed by atoms with Crippen LogP contribution in [0.5, 0.6) is 11.5 Å². The molecule has 0 aliphatic rings. The Bertz CT molecular complexity index is 983. The summed E-state index contributed by atoms with van der Waals surface area (Å²) in [4.78, 5) is 17.7. The van der Waals surface area contributed by atoms with E-state index in [1.165, 1.54) is 0 Å². The highest BCUT2D eigenvalue weighted by molar-refractivity contribution is 6.07. The predicted octanol–water partition coefficient (Wildman–Crippen LogP) is 4.05. The second-order valence-electron chi connectivity index (χ2n) is 6.30. The second-order valence-corrected chi connectivity index (χ2v) is 6.30. The molecule has 0 atom stereocenters. The van der Waals surface area contributed by atoms with Crippen LogP contribution in [0.3, 0.4) is 0 Å². The molecule has 1 N–H and O–H groups in total. The Morgan fingerprint density at radius 1 is 1.07 bits per heavy atom. The van der Waals surface area contributed by atoms with E-state index in [9.17, 15) is 4.79 Å². The average Bonchev–Trinajstić information content (AvgIpc) is 2.71. The summed E-state index contributed by atoms with van der Waals surface area (Å²) in [6, 6.07) is 13.4. The van der Waals surface area contributed by atoms with E-state index in [0.717, 1.165) is 34.1 Å². The number of hydrogen-bond donors (Lipinski definition) is 1. The highest BCUT2D eigenvalue weighted by Crippen LogP contribution is 2.28. The van der Waals surface area contributed by atoms with E-state index >= 15 is 0 Å². The number of amides is 1. The molecule has 5 heteroatoms. The number of nitrogens with zero attached hydrogens (tertiary/aromatic N) is 1. The molecule has 0 radical (unpaired) electrons. The number of ether oxygens (including phenoxy) is 2. The van der Waals surface area contributed by atoms with Crippen molar-refractivity contribution in [3.63, 3.8) is 0 Å². The highest BCUT2D eigenvalue weighted by Gasteiger charge is 2.17. The van der Waals surface area contributed by atoms with Crippen LogP contribution in [0, 0.1) is 6.92 Å². The average molecular weight is 364 g/mol. The Balaban J connectivity index is 1.90. The van der Waals surface area contributed by atoms with Gasteiger partial charge in [-0.2, -0.15) is 0 Å². The summed E-state index contributed by atoms with van der Waals surface area (Å²) in [5.41, 5.74) is 4.35. The molecule has 1 amide bonds. The van der Waals surface area contributed by atoms with E-state index in [0.29, 0.717) is 23.6 Å². The number of carbonyl (C=O) groups is 1. The maximum Gasteiger partial charge on any atom is 0.252 e. The normalized spacial score (nSPS) is 10.7. The van der Waals surface area contributed by atoms with Gasteiger partial charge in [-0.15, -0.1) is 0 Å². The number of aromatic nitrogens is 1. The molecule has 0 aliphatic heterocycles. The van der Waals surface area contributed by atoms with Crippen molar-refractivity contribution in [1.82, 2.24) is 10.3 Å². The lowest BCUT2D eigenvalue weighted by molar-refractivity contribution is 0.0951. The summed E-state index contributed by atoms with van der Waals surface area (Å²) in [5, 5.41) is 3.90. The number of rotatable bonds is 6. The first-order valence-electron chi connectivity index (χ1n) is 8.96. The monoisotopic (exact) mass is 364 g/mol. The Kier molecular flexibility index (Phi) is 5.60. The Hall–Kier alpha value is -3.08. The second kappa shape index (κ2) is 8.08. The molecule has 27 heavy (non-hydrogen) atoms. The van der Waals surface area contributed by atoms with E-state index in [1.807, 2.05) is 49.4 Å². The number of benzene rings is 2. The Morgan fingerprint density at radius 2 is 1.81 bits per heavy atom. The fourth-order valence-electron chi connectivity index (χ4n) is 3.26. The molecule has 2 aromatic carbocycles. The van der Waals surface area contributed by atoms with Gasteiger partial charge in [0.05, 0.1) is 25.3 Å². The molecule has 1 heterocycles.